The summed E-state index contributed by atoms with van der Waals surface area (Å²) in [5.41, 5.74) is 6.54. The van der Waals surface area contributed by atoms with Crippen molar-refractivity contribution in [2.45, 2.75) is 12.8 Å². The molecule has 4 nitrogen and oxygen atoms in total. The Bertz CT molecular complexity index is 436. The molecule has 1 amide bonds. The molecule has 1 heterocycles. The van der Waals surface area contributed by atoms with E-state index in [0.29, 0.717) is 12.5 Å². The second kappa shape index (κ2) is 8.81. The van der Waals surface area contributed by atoms with Crippen LogP contribution in [0.2, 0.25) is 0 Å². The Morgan fingerprint density at radius 3 is 2.70 bits per heavy atom. The van der Waals surface area contributed by atoms with Crippen molar-refractivity contribution >= 4 is 46.6 Å². The standard InChI is InChI=1S/C14H20IN3O.ClH/c15-12-2-1-3-13(8-12)17-14(19)10-18-6-4-11(9-16)5-7-18;/h1-3,8,11H,4-7,9-10,16H2,(H,17,19);1H. The molecule has 0 unspecified atom stereocenters. The first-order valence-electron chi connectivity index (χ1n) is 6.65. The summed E-state index contributed by atoms with van der Waals surface area (Å²) in [6.07, 6.45) is 2.21. The van der Waals surface area contributed by atoms with E-state index in [9.17, 15) is 4.79 Å². The smallest absolute Gasteiger partial charge is 0.238 e. The third kappa shape index (κ3) is 5.55. The Balaban J connectivity index is 0.00000200. The van der Waals surface area contributed by atoms with E-state index >= 15 is 0 Å². The maximum Gasteiger partial charge on any atom is 0.238 e. The van der Waals surface area contributed by atoms with Gasteiger partial charge in [-0.1, -0.05) is 6.07 Å². The molecular formula is C14H21ClIN3O. The van der Waals surface area contributed by atoms with Crippen LogP contribution in [0.4, 0.5) is 5.69 Å². The molecule has 1 aromatic carbocycles. The summed E-state index contributed by atoms with van der Waals surface area (Å²) in [5, 5.41) is 2.95. The van der Waals surface area contributed by atoms with Crippen molar-refractivity contribution in [1.29, 1.82) is 0 Å². The molecule has 0 aromatic heterocycles. The highest BCUT2D eigenvalue weighted by Gasteiger charge is 2.19. The highest BCUT2D eigenvalue weighted by Crippen LogP contribution is 2.16. The molecule has 2 rings (SSSR count). The number of nitrogens with two attached hydrogens (primary N) is 1. The van der Waals surface area contributed by atoms with Crippen molar-refractivity contribution in [3.8, 4) is 0 Å². The molecule has 1 aliphatic rings. The number of carbonyl (C=O) groups excluding carboxylic acids is 1. The monoisotopic (exact) mass is 409 g/mol. The molecule has 0 bridgehead atoms. The van der Waals surface area contributed by atoms with E-state index in [0.717, 1.165) is 41.7 Å². The molecule has 0 atom stereocenters. The lowest BCUT2D eigenvalue weighted by molar-refractivity contribution is -0.117. The molecule has 6 heteroatoms. The fourth-order valence-electron chi connectivity index (χ4n) is 2.35. The van der Waals surface area contributed by atoms with Crippen LogP contribution in [0.3, 0.4) is 0 Å². The van der Waals surface area contributed by atoms with Gasteiger partial charge in [0.05, 0.1) is 6.54 Å². The van der Waals surface area contributed by atoms with Gasteiger partial charge in [-0.2, -0.15) is 0 Å². The first-order valence-corrected chi connectivity index (χ1v) is 7.73. The zero-order valence-electron chi connectivity index (χ0n) is 11.3. The van der Waals surface area contributed by atoms with Crippen molar-refractivity contribution in [1.82, 2.24) is 4.90 Å². The van der Waals surface area contributed by atoms with Gasteiger partial charge in [0.1, 0.15) is 0 Å². The van der Waals surface area contributed by atoms with Gasteiger partial charge in [0.2, 0.25) is 5.91 Å². The summed E-state index contributed by atoms with van der Waals surface area (Å²) < 4.78 is 1.12. The molecule has 1 saturated heterocycles. The topological polar surface area (TPSA) is 58.4 Å². The summed E-state index contributed by atoms with van der Waals surface area (Å²) in [6.45, 7) is 3.19. The molecule has 0 radical (unpaired) electrons. The van der Waals surface area contributed by atoms with Crippen molar-refractivity contribution in [2.24, 2.45) is 11.7 Å². The fourth-order valence-corrected chi connectivity index (χ4v) is 2.89. The number of benzene rings is 1. The Morgan fingerprint density at radius 2 is 2.10 bits per heavy atom. The fraction of sp³-hybridized carbons (Fsp3) is 0.500. The van der Waals surface area contributed by atoms with Crippen LogP contribution in [0.5, 0.6) is 0 Å². The van der Waals surface area contributed by atoms with E-state index in [1.807, 2.05) is 24.3 Å². The van der Waals surface area contributed by atoms with Crippen LogP contribution in [0.25, 0.3) is 0 Å². The first-order chi connectivity index (χ1) is 9.17. The molecule has 1 aliphatic heterocycles. The van der Waals surface area contributed by atoms with E-state index in [1.54, 1.807) is 0 Å². The number of amides is 1. The lowest BCUT2D eigenvalue weighted by atomic mass is 9.97. The quantitative estimate of drug-likeness (QED) is 0.751. The van der Waals surface area contributed by atoms with E-state index in [1.165, 1.54) is 0 Å². The molecule has 1 aromatic rings. The Morgan fingerprint density at radius 1 is 1.40 bits per heavy atom. The average molecular weight is 410 g/mol. The van der Waals surface area contributed by atoms with E-state index in [-0.39, 0.29) is 18.3 Å². The third-order valence-electron chi connectivity index (χ3n) is 3.52. The van der Waals surface area contributed by atoms with Crippen LogP contribution >= 0.6 is 35.0 Å². The Hall–Kier alpha value is -0.370. The zero-order valence-corrected chi connectivity index (χ0v) is 14.3. The normalized spacial score (nSPS) is 16.5. The molecular weight excluding hydrogens is 389 g/mol. The van der Waals surface area contributed by atoms with Crippen LogP contribution in [0, 0.1) is 9.49 Å². The summed E-state index contributed by atoms with van der Waals surface area (Å²) in [4.78, 5) is 14.2. The number of nitrogens with zero attached hydrogens (tertiary/aromatic N) is 1. The highest BCUT2D eigenvalue weighted by atomic mass is 127. The van der Waals surface area contributed by atoms with Gasteiger partial charge in [-0.05, 0) is 79.2 Å². The summed E-state index contributed by atoms with van der Waals surface area (Å²) in [7, 11) is 0. The number of likely N-dealkylation sites (tertiary alicyclic amines) is 1. The molecule has 20 heavy (non-hydrogen) atoms. The molecule has 0 aliphatic carbocycles. The van der Waals surface area contributed by atoms with Crippen LogP contribution in [0.1, 0.15) is 12.8 Å². The van der Waals surface area contributed by atoms with Crippen LogP contribution in [-0.2, 0) is 4.79 Å². The van der Waals surface area contributed by atoms with Crippen LogP contribution < -0.4 is 11.1 Å². The zero-order chi connectivity index (χ0) is 13.7. The summed E-state index contributed by atoms with van der Waals surface area (Å²) >= 11 is 2.24. The minimum absolute atomic E-state index is 0. The van der Waals surface area contributed by atoms with Crippen LogP contribution in [0.15, 0.2) is 24.3 Å². The number of hydrogen-bond acceptors (Lipinski definition) is 3. The molecule has 112 valence electrons. The number of nitrogens with one attached hydrogen (secondary N) is 1. The number of hydrogen-bond donors (Lipinski definition) is 2. The molecule has 3 N–H and O–H groups in total. The van der Waals surface area contributed by atoms with Gasteiger partial charge in [-0.25, -0.2) is 0 Å². The predicted molar refractivity (Wildman–Crippen MR) is 93.3 cm³/mol. The minimum Gasteiger partial charge on any atom is -0.330 e. The number of halogens is 2. The van der Waals surface area contributed by atoms with E-state index in [2.05, 4.69) is 32.8 Å². The van der Waals surface area contributed by atoms with Gasteiger partial charge < -0.3 is 11.1 Å². The van der Waals surface area contributed by atoms with Crippen molar-refractivity contribution in [2.75, 3.05) is 31.5 Å². The van der Waals surface area contributed by atoms with E-state index < -0.39 is 0 Å². The van der Waals surface area contributed by atoms with Gasteiger partial charge in [-0.3, -0.25) is 9.69 Å². The number of anilines is 1. The summed E-state index contributed by atoms with van der Waals surface area (Å²) in [6, 6.07) is 7.85. The van der Waals surface area contributed by atoms with Gasteiger partial charge in [0.15, 0.2) is 0 Å². The number of carbonyl (C=O) groups is 1. The van der Waals surface area contributed by atoms with Gasteiger partial charge in [-0.15, -0.1) is 12.4 Å². The average Bonchev–Trinajstić information content (AvgIpc) is 2.39. The van der Waals surface area contributed by atoms with Crippen molar-refractivity contribution < 1.29 is 4.79 Å². The number of piperidine rings is 1. The van der Waals surface area contributed by atoms with E-state index in [4.69, 9.17) is 5.73 Å². The Kier molecular flexibility index (Phi) is 7.79. The molecule has 1 fully saturated rings. The highest BCUT2D eigenvalue weighted by molar-refractivity contribution is 14.1. The largest absolute Gasteiger partial charge is 0.330 e. The van der Waals surface area contributed by atoms with Crippen LogP contribution in [-0.4, -0.2) is 37.0 Å². The van der Waals surface area contributed by atoms with Gasteiger partial charge >= 0.3 is 0 Å². The minimum atomic E-state index is 0. The second-order valence-corrected chi connectivity index (χ2v) is 6.26. The number of rotatable bonds is 4. The molecule has 0 saturated carbocycles. The maximum atomic E-state index is 12.0. The van der Waals surface area contributed by atoms with Crippen molar-refractivity contribution in [3.05, 3.63) is 27.8 Å². The second-order valence-electron chi connectivity index (χ2n) is 5.01. The van der Waals surface area contributed by atoms with Gasteiger partial charge in [0.25, 0.3) is 0 Å². The van der Waals surface area contributed by atoms with Crippen molar-refractivity contribution in [3.63, 3.8) is 0 Å². The van der Waals surface area contributed by atoms with Gasteiger partial charge in [0, 0.05) is 9.26 Å². The predicted octanol–water partition coefficient (Wildman–Crippen LogP) is 2.32. The first kappa shape index (κ1) is 17.7. The third-order valence-corrected chi connectivity index (χ3v) is 4.19. The Labute approximate surface area is 140 Å². The lowest BCUT2D eigenvalue weighted by Crippen LogP contribution is -2.40. The lowest BCUT2D eigenvalue weighted by Gasteiger charge is -2.30. The SMILES string of the molecule is Cl.NCC1CCN(CC(=O)Nc2cccc(I)c2)CC1. The molecule has 0 spiro atoms. The summed E-state index contributed by atoms with van der Waals surface area (Å²) in [5.74, 6) is 0.697. The maximum absolute atomic E-state index is 12.0.